The molecule has 6 nitrogen and oxygen atoms in total. The van der Waals surface area contributed by atoms with E-state index in [2.05, 4.69) is 10.3 Å². The first-order chi connectivity index (χ1) is 9.88. The number of H-pyrrole nitrogens is 1. The van der Waals surface area contributed by atoms with Crippen molar-refractivity contribution in [3.05, 3.63) is 67.1 Å². The van der Waals surface area contributed by atoms with Gasteiger partial charge in [0.2, 0.25) is 0 Å². The van der Waals surface area contributed by atoms with Crippen LogP contribution in [0.25, 0.3) is 0 Å². The van der Waals surface area contributed by atoms with Gasteiger partial charge < -0.3 is 10.3 Å². The van der Waals surface area contributed by atoms with Crippen molar-refractivity contribution < 1.29 is 4.92 Å². The van der Waals surface area contributed by atoms with Crippen LogP contribution in [0.4, 0.5) is 11.4 Å². The number of nitro groups is 1. The van der Waals surface area contributed by atoms with Crippen molar-refractivity contribution in [3.8, 4) is 0 Å². The highest BCUT2D eigenvalue weighted by molar-refractivity contribution is 5.62. The van der Waals surface area contributed by atoms with Crippen LogP contribution in [-0.2, 0) is 6.54 Å². The lowest BCUT2D eigenvalue weighted by atomic mass is 10.1. The van der Waals surface area contributed by atoms with Gasteiger partial charge in [-0.05, 0) is 44.0 Å². The molecule has 0 bridgehead atoms. The molecule has 1 aromatic carbocycles. The number of pyridine rings is 1. The number of benzene rings is 1. The highest BCUT2D eigenvalue weighted by Gasteiger charge is 2.14. The second-order valence-corrected chi connectivity index (χ2v) is 5.07. The van der Waals surface area contributed by atoms with Crippen LogP contribution in [0.1, 0.15) is 22.4 Å². The van der Waals surface area contributed by atoms with Gasteiger partial charge in [-0.15, -0.1) is 0 Å². The second-order valence-electron chi connectivity index (χ2n) is 5.07. The van der Waals surface area contributed by atoms with Crippen LogP contribution in [0, 0.1) is 30.9 Å². The number of hydrogen-bond donors (Lipinski definition) is 2. The molecule has 0 aliphatic heterocycles. The molecule has 0 spiro atoms. The molecule has 0 fully saturated rings. The molecule has 0 unspecified atom stereocenters. The Morgan fingerprint density at radius 3 is 2.57 bits per heavy atom. The molecule has 1 aromatic heterocycles. The van der Waals surface area contributed by atoms with E-state index in [1.807, 2.05) is 19.9 Å². The SMILES string of the molecule is Cc1ccc(NCc2c(C)cc(C)[nH]c2=O)c([N+](=O)[O-])c1. The molecule has 6 heteroatoms. The van der Waals surface area contributed by atoms with Crippen molar-refractivity contribution in [2.75, 3.05) is 5.32 Å². The number of nitro benzene ring substituents is 1. The van der Waals surface area contributed by atoms with E-state index in [1.165, 1.54) is 6.07 Å². The van der Waals surface area contributed by atoms with Crippen LogP contribution >= 0.6 is 0 Å². The number of rotatable bonds is 4. The summed E-state index contributed by atoms with van der Waals surface area (Å²) in [5.74, 6) is 0. The number of aromatic amines is 1. The Kier molecular flexibility index (Phi) is 4.07. The molecule has 0 aliphatic rings. The van der Waals surface area contributed by atoms with E-state index in [0.717, 1.165) is 16.8 Å². The third-order valence-corrected chi connectivity index (χ3v) is 3.30. The molecule has 0 saturated heterocycles. The predicted molar refractivity (Wildman–Crippen MR) is 81.7 cm³/mol. The first kappa shape index (κ1) is 14.8. The molecular weight excluding hydrogens is 270 g/mol. The Morgan fingerprint density at radius 1 is 1.24 bits per heavy atom. The van der Waals surface area contributed by atoms with Gasteiger partial charge in [0.05, 0.1) is 4.92 Å². The molecule has 2 N–H and O–H groups in total. The van der Waals surface area contributed by atoms with Crippen molar-refractivity contribution in [2.45, 2.75) is 27.3 Å². The lowest BCUT2D eigenvalue weighted by Crippen LogP contribution is -2.18. The van der Waals surface area contributed by atoms with Gasteiger partial charge in [0.25, 0.3) is 11.2 Å². The summed E-state index contributed by atoms with van der Waals surface area (Å²) in [5.41, 5.74) is 3.30. The molecule has 110 valence electrons. The van der Waals surface area contributed by atoms with Crippen LogP contribution < -0.4 is 10.9 Å². The number of hydrogen-bond acceptors (Lipinski definition) is 4. The van der Waals surface area contributed by atoms with Gasteiger partial charge in [0, 0.05) is 23.9 Å². The first-order valence-electron chi connectivity index (χ1n) is 6.57. The fraction of sp³-hybridized carbons (Fsp3) is 0.267. The standard InChI is InChI=1S/C15H17N3O3/c1-9-4-5-13(14(6-9)18(20)21)16-8-12-10(2)7-11(3)17-15(12)19/h4-7,16H,8H2,1-3H3,(H,17,19). The molecular formula is C15H17N3O3. The van der Waals surface area contributed by atoms with Crippen molar-refractivity contribution >= 4 is 11.4 Å². The lowest BCUT2D eigenvalue weighted by molar-refractivity contribution is -0.384. The maximum Gasteiger partial charge on any atom is 0.292 e. The fourth-order valence-corrected chi connectivity index (χ4v) is 2.23. The largest absolute Gasteiger partial charge is 0.375 e. The van der Waals surface area contributed by atoms with Crippen LogP contribution in [0.3, 0.4) is 0 Å². The van der Waals surface area contributed by atoms with E-state index < -0.39 is 4.92 Å². The average molecular weight is 287 g/mol. The summed E-state index contributed by atoms with van der Waals surface area (Å²) in [7, 11) is 0. The number of nitrogens with one attached hydrogen (secondary N) is 2. The zero-order chi connectivity index (χ0) is 15.6. The van der Waals surface area contributed by atoms with Crippen LogP contribution in [0.5, 0.6) is 0 Å². The van der Waals surface area contributed by atoms with E-state index in [4.69, 9.17) is 0 Å². The summed E-state index contributed by atoms with van der Waals surface area (Å²) >= 11 is 0. The number of aryl methyl sites for hydroxylation is 3. The van der Waals surface area contributed by atoms with Gasteiger partial charge in [-0.3, -0.25) is 14.9 Å². The van der Waals surface area contributed by atoms with Crippen LogP contribution in [-0.4, -0.2) is 9.91 Å². The average Bonchev–Trinajstić information content (AvgIpc) is 2.38. The Hall–Kier alpha value is -2.63. The fourth-order valence-electron chi connectivity index (χ4n) is 2.23. The Morgan fingerprint density at radius 2 is 1.95 bits per heavy atom. The van der Waals surface area contributed by atoms with Gasteiger partial charge in [-0.25, -0.2) is 0 Å². The van der Waals surface area contributed by atoms with Gasteiger partial charge in [-0.2, -0.15) is 0 Å². The quantitative estimate of drug-likeness (QED) is 0.668. The molecule has 2 rings (SSSR count). The summed E-state index contributed by atoms with van der Waals surface area (Å²) in [4.78, 5) is 25.3. The maximum absolute atomic E-state index is 11.9. The van der Waals surface area contributed by atoms with E-state index in [0.29, 0.717) is 11.3 Å². The topological polar surface area (TPSA) is 88.0 Å². The Bertz CT molecular complexity index is 750. The van der Waals surface area contributed by atoms with Crippen molar-refractivity contribution in [3.63, 3.8) is 0 Å². The van der Waals surface area contributed by atoms with Crippen LogP contribution in [0.15, 0.2) is 29.1 Å². The summed E-state index contributed by atoms with van der Waals surface area (Å²) in [6, 6.07) is 6.84. The molecule has 0 aliphatic carbocycles. The molecule has 0 atom stereocenters. The van der Waals surface area contributed by atoms with E-state index in [9.17, 15) is 14.9 Å². The third-order valence-electron chi connectivity index (χ3n) is 3.30. The highest BCUT2D eigenvalue weighted by Crippen LogP contribution is 2.25. The van der Waals surface area contributed by atoms with Crippen LogP contribution in [0.2, 0.25) is 0 Å². The van der Waals surface area contributed by atoms with Gasteiger partial charge in [0.1, 0.15) is 5.69 Å². The minimum Gasteiger partial charge on any atom is -0.375 e. The number of anilines is 1. The zero-order valence-electron chi connectivity index (χ0n) is 12.2. The zero-order valence-corrected chi connectivity index (χ0v) is 12.2. The summed E-state index contributed by atoms with van der Waals surface area (Å²) in [6.45, 7) is 5.70. The molecule has 0 saturated carbocycles. The number of nitrogens with zero attached hydrogens (tertiary/aromatic N) is 1. The summed E-state index contributed by atoms with van der Waals surface area (Å²) in [6.07, 6.45) is 0. The van der Waals surface area contributed by atoms with Crippen molar-refractivity contribution in [1.82, 2.24) is 4.98 Å². The maximum atomic E-state index is 11.9. The number of aromatic nitrogens is 1. The molecule has 21 heavy (non-hydrogen) atoms. The summed E-state index contributed by atoms with van der Waals surface area (Å²) < 4.78 is 0. The smallest absolute Gasteiger partial charge is 0.292 e. The minimum absolute atomic E-state index is 0.0104. The lowest BCUT2D eigenvalue weighted by Gasteiger charge is -2.10. The molecule has 2 aromatic rings. The molecule has 0 radical (unpaired) electrons. The van der Waals surface area contributed by atoms with E-state index >= 15 is 0 Å². The monoisotopic (exact) mass is 287 g/mol. The van der Waals surface area contributed by atoms with Crippen molar-refractivity contribution in [2.24, 2.45) is 0 Å². The van der Waals surface area contributed by atoms with Gasteiger partial charge in [0.15, 0.2) is 0 Å². The Labute approximate surface area is 122 Å². The third kappa shape index (κ3) is 3.28. The van der Waals surface area contributed by atoms with E-state index in [-0.39, 0.29) is 17.8 Å². The van der Waals surface area contributed by atoms with Crippen molar-refractivity contribution in [1.29, 1.82) is 0 Å². The second kappa shape index (κ2) is 5.78. The van der Waals surface area contributed by atoms with Gasteiger partial charge in [-0.1, -0.05) is 6.07 Å². The Balaban J connectivity index is 2.29. The molecule has 0 amide bonds. The van der Waals surface area contributed by atoms with E-state index in [1.54, 1.807) is 19.1 Å². The summed E-state index contributed by atoms with van der Waals surface area (Å²) in [5, 5.41) is 14.0. The minimum atomic E-state index is -0.429. The molecule has 1 heterocycles. The normalized spacial score (nSPS) is 10.4. The first-order valence-corrected chi connectivity index (χ1v) is 6.57. The van der Waals surface area contributed by atoms with Gasteiger partial charge >= 0.3 is 0 Å². The predicted octanol–water partition coefficient (Wildman–Crippen LogP) is 2.82. The highest BCUT2D eigenvalue weighted by atomic mass is 16.6.